The van der Waals surface area contributed by atoms with Crippen LogP contribution in [0.5, 0.6) is 0 Å². The normalized spacial score (nSPS) is 35.2. The van der Waals surface area contributed by atoms with E-state index >= 15 is 0 Å². The van der Waals surface area contributed by atoms with Crippen LogP contribution in [0.1, 0.15) is 32.1 Å². The number of aliphatic hydroxyl groups is 3. The van der Waals surface area contributed by atoms with Gasteiger partial charge in [0, 0.05) is 5.92 Å². The average Bonchev–Trinajstić information content (AvgIpc) is 2.70. The van der Waals surface area contributed by atoms with E-state index in [0.717, 1.165) is 17.4 Å². The van der Waals surface area contributed by atoms with Gasteiger partial charge in [-0.25, -0.2) is 0 Å². The molecule has 2 aliphatic rings. The van der Waals surface area contributed by atoms with E-state index in [-0.39, 0.29) is 35.8 Å². The number of aliphatic hydroxyl groups excluding tert-OH is 3. The zero-order valence-electron chi connectivity index (χ0n) is 10.8. The summed E-state index contributed by atoms with van der Waals surface area (Å²) in [6.45, 7) is -0.220. The molecule has 3 N–H and O–H groups in total. The van der Waals surface area contributed by atoms with Gasteiger partial charge < -0.3 is 27.7 Å². The van der Waals surface area contributed by atoms with Gasteiger partial charge in [-0.15, -0.1) is 0 Å². The maximum absolute atomic E-state index is 9.93. The Morgan fingerprint density at radius 2 is 1.78 bits per heavy atom. The summed E-state index contributed by atoms with van der Waals surface area (Å²) in [6.07, 6.45) is 5.71. The third-order valence-electron chi connectivity index (χ3n) is 4.21. The van der Waals surface area contributed by atoms with E-state index in [0.29, 0.717) is 0 Å². The van der Waals surface area contributed by atoms with Crippen molar-refractivity contribution in [3.63, 3.8) is 0 Å². The summed E-state index contributed by atoms with van der Waals surface area (Å²) < 4.78 is 0. The summed E-state index contributed by atoms with van der Waals surface area (Å²) in [7, 11) is 0.272. The molecule has 4 atom stereocenters. The lowest BCUT2D eigenvalue weighted by Gasteiger charge is -2.20. The number of hydrogen-bond acceptors (Lipinski definition) is 3. The molecule has 2 rings (SSSR count). The maximum atomic E-state index is 9.93. The van der Waals surface area contributed by atoms with Crippen molar-refractivity contribution in [1.82, 2.24) is 0 Å². The molecule has 0 spiro atoms. The number of halogens is 1. The average molecular weight is 297 g/mol. The lowest BCUT2D eigenvalue weighted by Crippen LogP contribution is -3.00. The number of hydrogen-bond donors (Lipinski definition) is 3. The minimum absolute atomic E-state index is 0. The zero-order valence-corrected chi connectivity index (χ0v) is 12.4. The lowest BCUT2D eigenvalue weighted by atomic mass is 9.91. The molecule has 1 saturated heterocycles. The molecule has 3 nitrogen and oxygen atoms in total. The Kier molecular flexibility index (Phi) is 7.32. The van der Waals surface area contributed by atoms with Crippen LogP contribution >= 0.6 is 0 Å². The monoisotopic (exact) mass is 296 g/mol. The van der Waals surface area contributed by atoms with Crippen molar-refractivity contribution in [2.75, 3.05) is 23.9 Å². The molecular weight excluding hydrogens is 272 g/mol. The Hall–Kier alpha value is 0.520. The highest BCUT2D eigenvalue weighted by Gasteiger charge is 2.44. The molecule has 0 aromatic carbocycles. The SMILES string of the molecule is OC[C@@H](O)[C@H]1C[S+](CC2CCCCC2)C[C@H]1O.[Cl-]. The van der Waals surface area contributed by atoms with Crippen LogP contribution in [0.4, 0.5) is 0 Å². The maximum Gasteiger partial charge on any atom is 0.134 e. The molecule has 0 radical (unpaired) electrons. The first-order valence-electron chi connectivity index (χ1n) is 6.81. The van der Waals surface area contributed by atoms with Crippen LogP contribution in [-0.2, 0) is 10.9 Å². The third-order valence-corrected chi connectivity index (χ3v) is 6.82. The van der Waals surface area contributed by atoms with E-state index in [1.165, 1.54) is 37.9 Å². The van der Waals surface area contributed by atoms with Gasteiger partial charge in [-0.1, -0.05) is 19.3 Å². The summed E-state index contributed by atoms with van der Waals surface area (Å²) in [6, 6.07) is 0. The fourth-order valence-electron chi connectivity index (χ4n) is 3.14. The first-order valence-corrected chi connectivity index (χ1v) is 8.55. The molecule has 0 aromatic heterocycles. The molecule has 0 bridgehead atoms. The summed E-state index contributed by atoms with van der Waals surface area (Å²) in [4.78, 5) is 0. The lowest BCUT2D eigenvalue weighted by molar-refractivity contribution is -0.0000320. The van der Waals surface area contributed by atoms with Crippen LogP contribution in [0.15, 0.2) is 0 Å². The third kappa shape index (κ3) is 4.27. The molecular formula is C13H25ClO3S. The van der Waals surface area contributed by atoms with E-state index in [4.69, 9.17) is 5.11 Å². The fraction of sp³-hybridized carbons (Fsp3) is 1.00. The quantitative estimate of drug-likeness (QED) is 0.504. The van der Waals surface area contributed by atoms with E-state index in [2.05, 4.69) is 0 Å². The minimum Gasteiger partial charge on any atom is -1.00 e. The van der Waals surface area contributed by atoms with E-state index < -0.39 is 12.2 Å². The Bertz CT molecular complexity index is 234. The Morgan fingerprint density at radius 1 is 1.11 bits per heavy atom. The Morgan fingerprint density at radius 3 is 2.39 bits per heavy atom. The van der Waals surface area contributed by atoms with Gasteiger partial charge in [-0.2, -0.15) is 0 Å². The summed E-state index contributed by atoms with van der Waals surface area (Å²) >= 11 is 0. The molecule has 5 heteroatoms. The van der Waals surface area contributed by atoms with Crippen LogP contribution in [0, 0.1) is 11.8 Å². The second kappa shape index (κ2) is 7.95. The van der Waals surface area contributed by atoms with Crippen molar-refractivity contribution < 1.29 is 27.7 Å². The van der Waals surface area contributed by atoms with Crippen molar-refractivity contribution >= 4 is 10.9 Å². The predicted molar refractivity (Wildman–Crippen MR) is 71.1 cm³/mol. The smallest absolute Gasteiger partial charge is 0.134 e. The molecule has 1 saturated carbocycles. The first kappa shape index (κ1) is 16.6. The highest BCUT2D eigenvalue weighted by atomic mass is 35.5. The Balaban J connectivity index is 0.00000162. The van der Waals surface area contributed by atoms with Crippen molar-refractivity contribution in [3.05, 3.63) is 0 Å². The molecule has 0 aromatic rings. The molecule has 1 aliphatic carbocycles. The van der Waals surface area contributed by atoms with Crippen LogP contribution in [-0.4, -0.2) is 51.4 Å². The van der Waals surface area contributed by atoms with E-state index in [1.54, 1.807) is 0 Å². The van der Waals surface area contributed by atoms with Crippen molar-refractivity contribution in [3.8, 4) is 0 Å². The fourth-order valence-corrected chi connectivity index (χ4v) is 6.27. The van der Waals surface area contributed by atoms with Crippen molar-refractivity contribution in [2.24, 2.45) is 11.8 Å². The highest BCUT2D eigenvalue weighted by molar-refractivity contribution is 7.97. The molecule has 1 heterocycles. The summed E-state index contributed by atoms with van der Waals surface area (Å²) in [5.41, 5.74) is 0. The van der Waals surface area contributed by atoms with Gasteiger partial charge in [0.15, 0.2) is 0 Å². The molecule has 1 aliphatic heterocycles. The van der Waals surface area contributed by atoms with Crippen LogP contribution in [0.25, 0.3) is 0 Å². The number of rotatable bonds is 4. The van der Waals surface area contributed by atoms with Gasteiger partial charge in [0.1, 0.15) is 23.4 Å². The zero-order chi connectivity index (χ0) is 12.3. The van der Waals surface area contributed by atoms with Gasteiger partial charge >= 0.3 is 0 Å². The predicted octanol–water partition coefficient (Wildman–Crippen LogP) is -2.47. The molecule has 18 heavy (non-hydrogen) atoms. The van der Waals surface area contributed by atoms with Crippen LogP contribution < -0.4 is 12.4 Å². The molecule has 0 amide bonds. The van der Waals surface area contributed by atoms with Gasteiger partial charge in [0.2, 0.25) is 0 Å². The van der Waals surface area contributed by atoms with Gasteiger partial charge in [0.05, 0.1) is 18.6 Å². The van der Waals surface area contributed by atoms with Crippen LogP contribution in [0.3, 0.4) is 0 Å². The highest BCUT2D eigenvalue weighted by Crippen LogP contribution is 2.30. The van der Waals surface area contributed by atoms with Gasteiger partial charge in [0.25, 0.3) is 0 Å². The Labute approximate surface area is 119 Å². The standard InChI is InChI=1S/C13H25O3S.ClH/c14-6-12(15)11-8-17(9-13(11)16)7-10-4-2-1-3-5-10;/h10-16H,1-9H2;1H/q+1;/p-1/t11-,12-,13-,17?;/m1./s1. The van der Waals surface area contributed by atoms with E-state index in [9.17, 15) is 10.2 Å². The van der Waals surface area contributed by atoms with Crippen molar-refractivity contribution in [1.29, 1.82) is 0 Å². The van der Waals surface area contributed by atoms with Gasteiger partial charge in [-0.3, -0.25) is 0 Å². The van der Waals surface area contributed by atoms with Gasteiger partial charge in [-0.05, 0) is 23.7 Å². The molecule has 108 valence electrons. The van der Waals surface area contributed by atoms with E-state index in [1.807, 2.05) is 0 Å². The van der Waals surface area contributed by atoms with Crippen molar-refractivity contribution in [2.45, 2.75) is 44.3 Å². The first-order chi connectivity index (χ1) is 8.20. The summed E-state index contributed by atoms with van der Waals surface area (Å²) in [5.74, 6) is 3.76. The topological polar surface area (TPSA) is 60.7 Å². The molecule has 1 unspecified atom stereocenters. The second-order valence-electron chi connectivity index (χ2n) is 5.60. The largest absolute Gasteiger partial charge is 1.00 e. The van der Waals surface area contributed by atoms with Crippen LogP contribution in [0.2, 0.25) is 0 Å². The second-order valence-corrected chi connectivity index (χ2v) is 7.82. The summed E-state index contributed by atoms with van der Waals surface area (Å²) in [5, 5.41) is 28.5. The minimum atomic E-state index is -0.728. The molecule has 2 fully saturated rings.